The van der Waals surface area contributed by atoms with Gasteiger partial charge >= 0.3 is 0 Å². The number of anilines is 2. The number of imidazole rings is 1. The van der Waals surface area contributed by atoms with Crippen LogP contribution in [-0.2, 0) is 4.74 Å². The molecule has 0 radical (unpaired) electrons. The lowest BCUT2D eigenvalue weighted by molar-refractivity contribution is 0.123. The zero-order chi connectivity index (χ0) is 23.6. The van der Waals surface area contributed by atoms with Gasteiger partial charge in [0, 0.05) is 37.1 Å². The minimum absolute atomic E-state index is 0.429. The van der Waals surface area contributed by atoms with E-state index in [9.17, 15) is 5.26 Å². The van der Waals surface area contributed by atoms with Crippen LogP contribution in [0, 0.1) is 11.3 Å². The standard InChI is InChI=1S/C27H27N7O/c28-18-19-7-9-20(10-8-19)24-25(22-11-12-29-27(31-22)30-21-4-1-2-5-21)34-13-3-6-23(26(34)32-24)33-14-16-35-17-15-33/h3,6-13,21H,1-2,4-5,14-17H2,(H,29,30,31). The molecule has 1 aromatic carbocycles. The van der Waals surface area contributed by atoms with Crippen molar-refractivity contribution in [1.29, 1.82) is 5.26 Å². The molecule has 8 heteroatoms. The molecule has 3 aromatic heterocycles. The van der Waals surface area contributed by atoms with Crippen molar-refractivity contribution < 1.29 is 4.74 Å². The van der Waals surface area contributed by atoms with E-state index in [1.165, 1.54) is 12.8 Å². The number of pyridine rings is 1. The number of hydrogen-bond acceptors (Lipinski definition) is 7. The highest BCUT2D eigenvalue weighted by molar-refractivity contribution is 5.85. The number of benzene rings is 1. The fourth-order valence-corrected chi connectivity index (χ4v) is 5.07. The lowest BCUT2D eigenvalue weighted by Gasteiger charge is -2.28. The van der Waals surface area contributed by atoms with E-state index in [1.807, 2.05) is 42.7 Å². The number of hydrogen-bond donors (Lipinski definition) is 1. The van der Waals surface area contributed by atoms with Gasteiger partial charge in [-0.3, -0.25) is 4.40 Å². The molecule has 4 heterocycles. The van der Waals surface area contributed by atoms with E-state index < -0.39 is 0 Å². The van der Waals surface area contributed by atoms with Crippen LogP contribution in [0.25, 0.3) is 28.3 Å². The van der Waals surface area contributed by atoms with E-state index in [4.69, 9.17) is 14.7 Å². The van der Waals surface area contributed by atoms with Crippen molar-refractivity contribution in [3.8, 4) is 28.7 Å². The number of morpholine rings is 1. The molecule has 6 rings (SSSR count). The summed E-state index contributed by atoms with van der Waals surface area (Å²) in [4.78, 5) is 16.9. The molecule has 1 N–H and O–H groups in total. The molecule has 8 nitrogen and oxygen atoms in total. The number of nitrogens with one attached hydrogen (secondary N) is 1. The van der Waals surface area contributed by atoms with E-state index in [-0.39, 0.29) is 0 Å². The van der Waals surface area contributed by atoms with Gasteiger partial charge in [-0.15, -0.1) is 0 Å². The molecule has 0 bridgehead atoms. The van der Waals surface area contributed by atoms with Crippen molar-refractivity contribution in [2.24, 2.45) is 0 Å². The highest BCUT2D eigenvalue weighted by Gasteiger charge is 2.23. The largest absolute Gasteiger partial charge is 0.378 e. The van der Waals surface area contributed by atoms with Crippen LogP contribution in [0.3, 0.4) is 0 Å². The molecular weight excluding hydrogens is 438 g/mol. The monoisotopic (exact) mass is 465 g/mol. The fourth-order valence-electron chi connectivity index (χ4n) is 5.07. The number of fused-ring (bicyclic) bond motifs is 1. The number of nitrogens with zero attached hydrogens (tertiary/aromatic N) is 6. The molecule has 0 amide bonds. The first kappa shape index (κ1) is 21.6. The Labute approximate surface area is 204 Å². The third-order valence-corrected chi connectivity index (χ3v) is 6.86. The quantitative estimate of drug-likeness (QED) is 0.463. The van der Waals surface area contributed by atoms with Gasteiger partial charge in [-0.05, 0) is 43.2 Å². The van der Waals surface area contributed by atoms with Gasteiger partial charge in [-0.1, -0.05) is 25.0 Å². The van der Waals surface area contributed by atoms with Gasteiger partial charge in [0.1, 0.15) is 0 Å². The van der Waals surface area contributed by atoms with Crippen LogP contribution >= 0.6 is 0 Å². The third kappa shape index (κ3) is 4.19. The van der Waals surface area contributed by atoms with Crippen LogP contribution in [-0.4, -0.2) is 51.7 Å². The minimum atomic E-state index is 0.429. The van der Waals surface area contributed by atoms with Crippen LogP contribution in [0.1, 0.15) is 31.2 Å². The second-order valence-corrected chi connectivity index (χ2v) is 9.08. The van der Waals surface area contributed by atoms with Crippen LogP contribution in [0.4, 0.5) is 11.6 Å². The van der Waals surface area contributed by atoms with Gasteiger partial charge in [0.2, 0.25) is 5.95 Å². The molecule has 35 heavy (non-hydrogen) atoms. The first-order valence-electron chi connectivity index (χ1n) is 12.2. The molecule has 2 aliphatic rings. The molecule has 1 aliphatic heterocycles. The summed E-state index contributed by atoms with van der Waals surface area (Å²) in [7, 11) is 0. The molecule has 0 unspecified atom stereocenters. The van der Waals surface area contributed by atoms with E-state index >= 15 is 0 Å². The van der Waals surface area contributed by atoms with Crippen molar-refractivity contribution in [3.63, 3.8) is 0 Å². The average molecular weight is 466 g/mol. The summed E-state index contributed by atoms with van der Waals surface area (Å²) >= 11 is 0. The molecule has 176 valence electrons. The van der Waals surface area contributed by atoms with Gasteiger partial charge in [0.15, 0.2) is 5.65 Å². The Bertz CT molecular complexity index is 1380. The molecule has 0 spiro atoms. The van der Waals surface area contributed by atoms with Crippen molar-refractivity contribution in [2.45, 2.75) is 31.7 Å². The number of nitriles is 1. The molecular formula is C27H27N7O. The Balaban J connectivity index is 1.50. The highest BCUT2D eigenvalue weighted by Crippen LogP contribution is 2.35. The smallest absolute Gasteiger partial charge is 0.223 e. The van der Waals surface area contributed by atoms with Crippen molar-refractivity contribution >= 4 is 17.3 Å². The number of ether oxygens (including phenoxy) is 1. The topological polar surface area (TPSA) is 91.4 Å². The first-order valence-corrected chi connectivity index (χ1v) is 12.2. The lowest BCUT2D eigenvalue weighted by atomic mass is 10.1. The van der Waals surface area contributed by atoms with Crippen LogP contribution in [0.5, 0.6) is 0 Å². The van der Waals surface area contributed by atoms with Crippen LogP contribution in [0.2, 0.25) is 0 Å². The zero-order valence-electron chi connectivity index (χ0n) is 19.5. The summed E-state index contributed by atoms with van der Waals surface area (Å²) in [5.74, 6) is 0.652. The lowest BCUT2D eigenvalue weighted by Crippen LogP contribution is -2.36. The Hall–Kier alpha value is -3.96. The Kier molecular flexibility index (Phi) is 5.76. The van der Waals surface area contributed by atoms with Gasteiger partial charge in [-0.25, -0.2) is 15.0 Å². The molecule has 2 fully saturated rings. The first-order chi connectivity index (χ1) is 17.3. The average Bonchev–Trinajstić information content (AvgIpc) is 3.57. The normalized spacial score (nSPS) is 16.5. The minimum Gasteiger partial charge on any atom is -0.378 e. The highest BCUT2D eigenvalue weighted by atomic mass is 16.5. The maximum Gasteiger partial charge on any atom is 0.223 e. The zero-order valence-corrected chi connectivity index (χ0v) is 19.5. The van der Waals surface area contributed by atoms with E-state index in [0.29, 0.717) is 30.8 Å². The third-order valence-electron chi connectivity index (χ3n) is 6.86. The SMILES string of the molecule is N#Cc1ccc(-c2nc3c(N4CCOCC4)cccn3c2-c2ccnc(NC3CCCC3)n2)cc1. The van der Waals surface area contributed by atoms with Crippen LogP contribution < -0.4 is 10.2 Å². The van der Waals surface area contributed by atoms with E-state index in [1.54, 1.807) is 0 Å². The van der Waals surface area contributed by atoms with E-state index in [2.05, 4.69) is 37.8 Å². The fraction of sp³-hybridized carbons (Fsp3) is 0.333. The summed E-state index contributed by atoms with van der Waals surface area (Å²) in [5, 5.41) is 12.8. The Morgan fingerprint density at radius 1 is 1.00 bits per heavy atom. The Morgan fingerprint density at radius 3 is 2.57 bits per heavy atom. The predicted molar refractivity (Wildman–Crippen MR) is 135 cm³/mol. The number of rotatable bonds is 5. The maximum atomic E-state index is 9.26. The molecule has 1 aliphatic carbocycles. The van der Waals surface area contributed by atoms with Crippen LogP contribution in [0.15, 0.2) is 54.9 Å². The van der Waals surface area contributed by atoms with E-state index in [0.717, 1.165) is 59.9 Å². The summed E-state index contributed by atoms with van der Waals surface area (Å²) < 4.78 is 7.70. The Morgan fingerprint density at radius 2 is 1.80 bits per heavy atom. The summed E-state index contributed by atoms with van der Waals surface area (Å²) in [6.07, 6.45) is 8.66. The van der Waals surface area contributed by atoms with Gasteiger partial charge in [0.05, 0.1) is 47.6 Å². The van der Waals surface area contributed by atoms with Crippen molar-refractivity contribution in [1.82, 2.24) is 19.4 Å². The van der Waals surface area contributed by atoms with Gasteiger partial charge in [-0.2, -0.15) is 5.26 Å². The summed E-state index contributed by atoms with van der Waals surface area (Å²) in [6.45, 7) is 3.08. The predicted octanol–water partition coefficient (Wildman–Crippen LogP) is 4.52. The van der Waals surface area contributed by atoms with Gasteiger partial charge < -0.3 is 15.0 Å². The molecule has 1 saturated heterocycles. The second-order valence-electron chi connectivity index (χ2n) is 9.08. The van der Waals surface area contributed by atoms with Gasteiger partial charge in [0.25, 0.3) is 0 Å². The second kappa shape index (κ2) is 9.35. The molecule has 0 atom stereocenters. The molecule has 1 saturated carbocycles. The van der Waals surface area contributed by atoms with Crippen molar-refractivity contribution in [3.05, 3.63) is 60.4 Å². The van der Waals surface area contributed by atoms with Crippen molar-refractivity contribution in [2.75, 3.05) is 36.5 Å². The summed E-state index contributed by atoms with van der Waals surface area (Å²) in [6, 6.07) is 16.3. The molecule has 4 aromatic rings. The summed E-state index contributed by atoms with van der Waals surface area (Å²) in [5.41, 5.74) is 6.09. The maximum absolute atomic E-state index is 9.26. The number of aromatic nitrogens is 4.